The monoisotopic (exact) mass is 348 g/mol. The maximum absolute atomic E-state index is 6.27. The summed E-state index contributed by atoms with van der Waals surface area (Å²) < 4.78 is 6.27. The molecule has 1 spiro atoms. The highest BCUT2D eigenvalue weighted by molar-refractivity contribution is 5.49. The summed E-state index contributed by atoms with van der Waals surface area (Å²) in [5, 5.41) is 2.02. The predicted molar refractivity (Wildman–Crippen MR) is 102 cm³/mol. The van der Waals surface area contributed by atoms with Crippen LogP contribution >= 0.6 is 0 Å². The first kappa shape index (κ1) is 15.9. The maximum atomic E-state index is 6.27. The molecule has 0 radical (unpaired) electrons. The van der Waals surface area contributed by atoms with E-state index >= 15 is 0 Å². The number of hydrogen-bond donors (Lipinski definition) is 2. The lowest BCUT2D eigenvalue weighted by molar-refractivity contribution is -0.0777. The van der Waals surface area contributed by atoms with E-state index in [-0.39, 0.29) is 5.60 Å². The molecule has 0 amide bonds. The van der Waals surface area contributed by atoms with Crippen LogP contribution < -0.4 is 16.0 Å². The highest BCUT2D eigenvalue weighted by atomic mass is 16.5. The van der Waals surface area contributed by atoms with E-state index in [4.69, 9.17) is 4.74 Å². The average Bonchev–Trinajstić information content (AvgIpc) is 3.31. The Hall–Kier alpha value is -2.34. The first-order valence-corrected chi connectivity index (χ1v) is 9.34. The summed E-state index contributed by atoms with van der Waals surface area (Å²) in [4.78, 5) is 2.50. The van der Waals surface area contributed by atoms with Crippen molar-refractivity contribution in [1.82, 2.24) is 15.9 Å². The van der Waals surface area contributed by atoms with Gasteiger partial charge in [0.05, 0.1) is 23.6 Å². The molecule has 3 aliphatic heterocycles. The minimum absolute atomic E-state index is 0.0566. The van der Waals surface area contributed by atoms with Gasteiger partial charge in [0.15, 0.2) is 0 Å². The standard InChI is InChI=1S/C21H24N4O/c1-2-7-19(8-3-1)25-15-18(22-23-25)14-24-12-10-21(11-13-24)20-9-5-4-6-17(20)16-26-21/h1-9,15,22-23H,10-14,16H2. The molecule has 26 heavy (non-hydrogen) atoms. The van der Waals surface area contributed by atoms with Crippen LogP contribution in [0.25, 0.3) is 0 Å². The van der Waals surface area contributed by atoms with Gasteiger partial charge in [-0.25, -0.2) is 0 Å². The van der Waals surface area contributed by atoms with Crippen molar-refractivity contribution in [2.45, 2.75) is 25.0 Å². The third-order valence-corrected chi connectivity index (χ3v) is 5.73. The number of likely N-dealkylation sites (tertiary alicyclic amines) is 1. The number of hydrazine groups is 2. The third kappa shape index (κ3) is 2.78. The summed E-state index contributed by atoms with van der Waals surface area (Å²) in [7, 11) is 0. The summed E-state index contributed by atoms with van der Waals surface area (Å²) in [5.74, 6) is 0. The Morgan fingerprint density at radius 3 is 2.58 bits per heavy atom. The molecule has 134 valence electrons. The van der Waals surface area contributed by atoms with Crippen LogP contribution in [0.3, 0.4) is 0 Å². The summed E-state index contributed by atoms with van der Waals surface area (Å²) >= 11 is 0. The van der Waals surface area contributed by atoms with E-state index in [1.807, 2.05) is 23.2 Å². The molecular weight excluding hydrogens is 324 g/mol. The van der Waals surface area contributed by atoms with E-state index in [0.717, 1.165) is 44.8 Å². The molecule has 5 nitrogen and oxygen atoms in total. The van der Waals surface area contributed by atoms with Crippen molar-refractivity contribution in [3.05, 3.63) is 77.6 Å². The minimum atomic E-state index is -0.0566. The van der Waals surface area contributed by atoms with Gasteiger partial charge < -0.3 is 10.2 Å². The fourth-order valence-corrected chi connectivity index (χ4v) is 4.27. The Balaban J connectivity index is 1.22. The van der Waals surface area contributed by atoms with Crippen molar-refractivity contribution in [3.63, 3.8) is 0 Å². The fraction of sp³-hybridized carbons (Fsp3) is 0.333. The number of piperidine rings is 1. The zero-order chi connectivity index (χ0) is 17.4. The second kappa shape index (κ2) is 6.43. The first-order valence-electron chi connectivity index (χ1n) is 9.34. The quantitative estimate of drug-likeness (QED) is 0.893. The van der Waals surface area contributed by atoms with E-state index in [1.54, 1.807) is 0 Å². The molecule has 0 aliphatic carbocycles. The number of nitrogens with one attached hydrogen (secondary N) is 2. The van der Waals surface area contributed by atoms with Crippen molar-refractivity contribution in [2.24, 2.45) is 0 Å². The van der Waals surface area contributed by atoms with Gasteiger partial charge in [-0.1, -0.05) is 42.5 Å². The number of para-hydroxylation sites is 1. The molecule has 0 aromatic heterocycles. The maximum Gasteiger partial charge on any atom is 0.0963 e. The van der Waals surface area contributed by atoms with Gasteiger partial charge in [0.25, 0.3) is 0 Å². The van der Waals surface area contributed by atoms with Crippen LogP contribution in [0.15, 0.2) is 66.5 Å². The molecular formula is C21H24N4O. The highest BCUT2D eigenvalue weighted by Gasteiger charge is 2.42. The van der Waals surface area contributed by atoms with Crippen LogP contribution in [0.4, 0.5) is 5.69 Å². The topological polar surface area (TPSA) is 39.8 Å². The Labute approximate surface area is 154 Å². The second-order valence-corrected chi connectivity index (χ2v) is 7.31. The fourth-order valence-electron chi connectivity index (χ4n) is 4.27. The van der Waals surface area contributed by atoms with E-state index in [1.165, 1.54) is 16.8 Å². The van der Waals surface area contributed by atoms with E-state index < -0.39 is 0 Å². The average molecular weight is 348 g/mol. The molecule has 1 fully saturated rings. The molecule has 3 aliphatic rings. The molecule has 2 aromatic rings. The van der Waals surface area contributed by atoms with Crippen LogP contribution in [0.1, 0.15) is 24.0 Å². The number of benzene rings is 2. The largest absolute Gasteiger partial charge is 0.365 e. The SMILES string of the molecule is C1=C(CN2CCC3(CC2)OCc2ccccc23)NNN1c1ccccc1. The number of fused-ring (bicyclic) bond motifs is 2. The van der Waals surface area contributed by atoms with Crippen LogP contribution in [0.2, 0.25) is 0 Å². The molecule has 5 heteroatoms. The third-order valence-electron chi connectivity index (χ3n) is 5.73. The molecule has 1 saturated heterocycles. The Bertz CT molecular complexity index is 812. The molecule has 0 saturated carbocycles. The van der Waals surface area contributed by atoms with Gasteiger partial charge in [-0.3, -0.25) is 9.91 Å². The van der Waals surface area contributed by atoms with Gasteiger partial charge in [-0.15, -0.1) is 5.53 Å². The molecule has 5 rings (SSSR count). The van der Waals surface area contributed by atoms with Crippen molar-refractivity contribution < 1.29 is 4.74 Å². The molecule has 0 unspecified atom stereocenters. The van der Waals surface area contributed by atoms with E-state index in [9.17, 15) is 0 Å². The van der Waals surface area contributed by atoms with Gasteiger partial charge in [-0.05, 0) is 36.1 Å². The zero-order valence-electron chi connectivity index (χ0n) is 14.8. The van der Waals surface area contributed by atoms with Crippen LogP contribution in [-0.4, -0.2) is 24.5 Å². The van der Waals surface area contributed by atoms with E-state index in [2.05, 4.69) is 58.5 Å². The van der Waals surface area contributed by atoms with Gasteiger partial charge in [-0.2, -0.15) is 0 Å². The van der Waals surface area contributed by atoms with Crippen molar-refractivity contribution in [1.29, 1.82) is 0 Å². The number of anilines is 1. The molecule has 2 N–H and O–H groups in total. The lowest BCUT2D eigenvalue weighted by Crippen LogP contribution is -2.44. The molecule has 0 atom stereocenters. The first-order chi connectivity index (χ1) is 12.8. The lowest BCUT2D eigenvalue weighted by atomic mass is 9.84. The van der Waals surface area contributed by atoms with Crippen molar-refractivity contribution in [2.75, 3.05) is 24.6 Å². The number of nitrogens with zero attached hydrogens (tertiary/aromatic N) is 2. The van der Waals surface area contributed by atoms with Gasteiger partial charge in [0.1, 0.15) is 0 Å². The van der Waals surface area contributed by atoms with E-state index in [0.29, 0.717) is 0 Å². The van der Waals surface area contributed by atoms with Gasteiger partial charge in [0.2, 0.25) is 0 Å². The number of ether oxygens (including phenoxy) is 1. The summed E-state index contributed by atoms with van der Waals surface area (Å²) in [6, 6.07) is 19.0. The van der Waals surface area contributed by atoms with Gasteiger partial charge >= 0.3 is 0 Å². The summed E-state index contributed by atoms with van der Waals surface area (Å²) in [5.41, 5.74) is 11.5. The Morgan fingerprint density at radius 1 is 0.962 bits per heavy atom. The highest BCUT2D eigenvalue weighted by Crippen LogP contribution is 2.43. The van der Waals surface area contributed by atoms with Gasteiger partial charge in [0, 0.05) is 25.8 Å². The van der Waals surface area contributed by atoms with Crippen LogP contribution in [0, 0.1) is 0 Å². The Morgan fingerprint density at radius 2 is 1.73 bits per heavy atom. The van der Waals surface area contributed by atoms with Crippen molar-refractivity contribution in [3.8, 4) is 0 Å². The molecule has 0 bridgehead atoms. The van der Waals surface area contributed by atoms with Crippen LogP contribution in [-0.2, 0) is 16.9 Å². The van der Waals surface area contributed by atoms with Crippen LogP contribution in [0.5, 0.6) is 0 Å². The number of hydrogen-bond acceptors (Lipinski definition) is 5. The summed E-state index contributed by atoms with van der Waals surface area (Å²) in [6.45, 7) is 3.80. The Kier molecular flexibility index (Phi) is 3.93. The normalized spacial score (nSPS) is 21.5. The smallest absolute Gasteiger partial charge is 0.0963 e. The molecule has 2 aromatic carbocycles. The predicted octanol–water partition coefficient (Wildman–Crippen LogP) is 2.88. The lowest BCUT2D eigenvalue weighted by Gasteiger charge is -2.39. The second-order valence-electron chi connectivity index (χ2n) is 7.31. The minimum Gasteiger partial charge on any atom is -0.365 e. The zero-order valence-corrected chi connectivity index (χ0v) is 14.8. The molecule has 3 heterocycles. The summed E-state index contributed by atoms with van der Waals surface area (Å²) in [6.07, 6.45) is 4.27. The number of rotatable bonds is 3. The van der Waals surface area contributed by atoms with Crippen molar-refractivity contribution >= 4 is 5.69 Å².